The lowest BCUT2D eigenvalue weighted by Gasteiger charge is -2.10. The molecule has 0 unspecified atom stereocenters. The molecular formula is C14H11FN2O2S. The molecule has 0 saturated heterocycles. The van der Waals surface area contributed by atoms with Gasteiger partial charge < -0.3 is 9.47 Å². The number of hydrogen-bond donors (Lipinski definition) is 0. The number of halogens is 1. The molecule has 0 bridgehead atoms. The van der Waals surface area contributed by atoms with E-state index >= 15 is 0 Å². The molecule has 3 rings (SSSR count). The average molecular weight is 290 g/mol. The van der Waals surface area contributed by atoms with Crippen molar-refractivity contribution in [1.82, 2.24) is 8.75 Å². The van der Waals surface area contributed by atoms with E-state index in [0.29, 0.717) is 33.7 Å². The lowest BCUT2D eigenvalue weighted by atomic mass is 10.0. The highest BCUT2D eigenvalue weighted by molar-refractivity contribution is 7.00. The van der Waals surface area contributed by atoms with E-state index in [2.05, 4.69) is 8.75 Å². The third-order valence-electron chi connectivity index (χ3n) is 3.04. The van der Waals surface area contributed by atoms with Crippen molar-refractivity contribution in [3.8, 4) is 22.6 Å². The fourth-order valence-electron chi connectivity index (χ4n) is 2.03. The van der Waals surface area contributed by atoms with Gasteiger partial charge in [-0.2, -0.15) is 8.75 Å². The van der Waals surface area contributed by atoms with E-state index in [-0.39, 0.29) is 5.82 Å². The summed E-state index contributed by atoms with van der Waals surface area (Å²) in [5, 5.41) is 0. The Morgan fingerprint density at radius 1 is 0.950 bits per heavy atom. The third kappa shape index (κ3) is 2.08. The van der Waals surface area contributed by atoms with Crippen LogP contribution < -0.4 is 9.47 Å². The Bertz CT molecular complexity index is 773. The number of rotatable bonds is 3. The molecule has 0 radical (unpaired) electrons. The van der Waals surface area contributed by atoms with Gasteiger partial charge in [0.2, 0.25) is 0 Å². The van der Waals surface area contributed by atoms with Gasteiger partial charge in [-0.25, -0.2) is 4.39 Å². The number of hydrogen-bond acceptors (Lipinski definition) is 5. The number of aromatic nitrogens is 2. The Hall–Kier alpha value is -2.21. The van der Waals surface area contributed by atoms with Crippen LogP contribution in [0.1, 0.15) is 0 Å². The zero-order chi connectivity index (χ0) is 14.1. The van der Waals surface area contributed by atoms with Crippen LogP contribution in [-0.2, 0) is 0 Å². The van der Waals surface area contributed by atoms with Crippen LogP contribution in [0.3, 0.4) is 0 Å². The SMILES string of the molecule is COc1ccc(-c2cc3nsnc3cc2F)cc1OC. The summed E-state index contributed by atoms with van der Waals surface area (Å²) in [6, 6.07) is 8.35. The summed E-state index contributed by atoms with van der Waals surface area (Å²) in [7, 11) is 3.11. The Kier molecular flexibility index (Phi) is 3.23. The highest BCUT2D eigenvalue weighted by atomic mass is 32.1. The first-order valence-electron chi connectivity index (χ1n) is 5.87. The predicted molar refractivity (Wildman–Crippen MR) is 75.9 cm³/mol. The molecule has 0 fully saturated rings. The van der Waals surface area contributed by atoms with Crippen molar-refractivity contribution in [3.05, 3.63) is 36.1 Å². The van der Waals surface area contributed by atoms with E-state index in [0.717, 1.165) is 11.7 Å². The summed E-state index contributed by atoms with van der Waals surface area (Å²) in [6.45, 7) is 0. The highest BCUT2D eigenvalue weighted by Crippen LogP contribution is 2.34. The normalized spacial score (nSPS) is 10.8. The van der Waals surface area contributed by atoms with Crippen molar-refractivity contribution in [2.75, 3.05) is 14.2 Å². The van der Waals surface area contributed by atoms with Gasteiger partial charge in [0.1, 0.15) is 16.9 Å². The van der Waals surface area contributed by atoms with E-state index in [1.807, 2.05) is 0 Å². The van der Waals surface area contributed by atoms with Crippen LogP contribution in [0.2, 0.25) is 0 Å². The molecule has 4 nitrogen and oxygen atoms in total. The van der Waals surface area contributed by atoms with Gasteiger partial charge in [0.25, 0.3) is 0 Å². The molecule has 20 heavy (non-hydrogen) atoms. The number of ether oxygens (including phenoxy) is 2. The predicted octanol–water partition coefficient (Wildman–Crippen LogP) is 3.51. The van der Waals surface area contributed by atoms with Crippen LogP contribution in [0.4, 0.5) is 4.39 Å². The quantitative estimate of drug-likeness (QED) is 0.740. The molecule has 6 heteroatoms. The molecule has 0 spiro atoms. The maximum absolute atomic E-state index is 14.2. The van der Waals surface area contributed by atoms with E-state index in [1.54, 1.807) is 38.5 Å². The molecule has 0 aliphatic heterocycles. The van der Waals surface area contributed by atoms with Crippen molar-refractivity contribution in [3.63, 3.8) is 0 Å². The maximum Gasteiger partial charge on any atom is 0.161 e. The lowest BCUT2D eigenvalue weighted by Crippen LogP contribution is -1.92. The minimum absolute atomic E-state index is 0.336. The zero-order valence-corrected chi connectivity index (χ0v) is 11.7. The molecule has 0 aliphatic carbocycles. The van der Waals surface area contributed by atoms with Gasteiger partial charge in [-0.05, 0) is 23.8 Å². The van der Waals surface area contributed by atoms with Crippen molar-refractivity contribution in [1.29, 1.82) is 0 Å². The summed E-state index contributed by atoms with van der Waals surface area (Å²) in [5.41, 5.74) is 2.42. The zero-order valence-electron chi connectivity index (χ0n) is 10.9. The first-order chi connectivity index (χ1) is 9.72. The van der Waals surface area contributed by atoms with Crippen LogP contribution in [0.5, 0.6) is 11.5 Å². The topological polar surface area (TPSA) is 44.2 Å². The Balaban J connectivity index is 2.16. The van der Waals surface area contributed by atoms with Crippen LogP contribution in [0.25, 0.3) is 22.2 Å². The van der Waals surface area contributed by atoms with Crippen LogP contribution in [0.15, 0.2) is 30.3 Å². The molecular weight excluding hydrogens is 279 g/mol. The van der Waals surface area contributed by atoms with Gasteiger partial charge in [-0.1, -0.05) is 6.07 Å². The molecule has 0 saturated carbocycles. The average Bonchev–Trinajstić information content (AvgIpc) is 2.92. The molecule has 0 aliphatic rings. The third-order valence-corrected chi connectivity index (χ3v) is 3.59. The molecule has 2 aromatic carbocycles. The summed E-state index contributed by atoms with van der Waals surface area (Å²) >= 11 is 1.07. The fourth-order valence-corrected chi connectivity index (χ4v) is 2.54. The van der Waals surface area contributed by atoms with Crippen LogP contribution >= 0.6 is 11.7 Å². The van der Waals surface area contributed by atoms with Gasteiger partial charge >= 0.3 is 0 Å². The summed E-state index contributed by atoms with van der Waals surface area (Å²) in [6.07, 6.45) is 0. The second-order valence-corrected chi connectivity index (χ2v) is 4.68. The second-order valence-electron chi connectivity index (χ2n) is 4.15. The minimum atomic E-state index is -0.336. The smallest absolute Gasteiger partial charge is 0.161 e. The molecule has 0 amide bonds. The van der Waals surface area contributed by atoms with Crippen molar-refractivity contribution in [2.24, 2.45) is 0 Å². The number of nitrogens with zero attached hydrogens (tertiary/aromatic N) is 2. The molecule has 0 N–H and O–H groups in total. The van der Waals surface area contributed by atoms with Crippen molar-refractivity contribution >= 4 is 22.8 Å². The summed E-state index contributed by atoms with van der Waals surface area (Å²) in [5.74, 6) is 0.825. The van der Waals surface area contributed by atoms with Gasteiger partial charge in [0, 0.05) is 11.6 Å². The van der Waals surface area contributed by atoms with E-state index in [4.69, 9.17) is 9.47 Å². The number of benzene rings is 2. The fraction of sp³-hybridized carbons (Fsp3) is 0.143. The molecule has 3 aromatic rings. The van der Waals surface area contributed by atoms with E-state index < -0.39 is 0 Å². The van der Waals surface area contributed by atoms with Crippen molar-refractivity contribution in [2.45, 2.75) is 0 Å². The minimum Gasteiger partial charge on any atom is -0.493 e. The standard InChI is InChI=1S/C14H11FN2O2S/c1-18-13-4-3-8(5-14(13)19-2)9-6-11-12(7-10(9)15)17-20-16-11/h3-7H,1-2H3. The van der Waals surface area contributed by atoms with Gasteiger partial charge in [0.05, 0.1) is 25.9 Å². The Morgan fingerprint density at radius 2 is 1.65 bits per heavy atom. The van der Waals surface area contributed by atoms with E-state index in [1.165, 1.54) is 6.07 Å². The summed E-state index contributed by atoms with van der Waals surface area (Å²) in [4.78, 5) is 0. The lowest BCUT2D eigenvalue weighted by molar-refractivity contribution is 0.355. The summed E-state index contributed by atoms with van der Waals surface area (Å²) < 4.78 is 32.7. The van der Waals surface area contributed by atoms with Crippen LogP contribution in [0, 0.1) is 5.82 Å². The van der Waals surface area contributed by atoms with Crippen molar-refractivity contribution < 1.29 is 13.9 Å². The maximum atomic E-state index is 14.2. The van der Waals surface area contributed by atoms with E-state index in [9.17, 15) is 4.39 Å². The molecule has 0 atom stereocenters. The van der Waals surface area contributed by atoms with Gasteiger partial charge in [-0.15, -0.1) is 0 Å². The monoisotopic (exact) mass is 290 g/mol. The number of fused-ring (bicyclic) bond motifs is 1. The van der Waals surface area contributed by atoms with Gasteiger partial charge in [-0.3, -0.25) is 0 Å². The Morgan fingerprint density at radius 3 is 2.35 bits per heavy atom. The molecule has 1 heterocycles. The first-order valence-corrected chi connectivity index (χ1v) is 6.60. The Labute approximate surface area is 119 Å². The molecule has 102 valence electrons. The van der Waals surface area contributed by atoms with Gasteiger partial charge in [0.15, 0.2) is 11.5 Å². The first kappa shape index (κ1) is 12.8. The second kappa shape index (κ2) is 5.05. The highest BCUT2D eigenvalue weighted by Gasteiger charge is 2.12. The largest absolute Gasteiger partial charge is 0.493 e. The van der Waals surface area contributed by atoms with Crippen LogP contribution in [-0.4, -0.2) is 23.0 Å². The molecule has 1 aromatic heterocycles. The number of methoxy groups -OCH3 is 2.